The van der Waals surface area contributed by atoms with Gasteiger partial charge in [-0.05, 0) is 30.5 Å². The lowest BCUT2D eigenvalue weighted by Gasteiger charge is -2.07. The molecule has 2 aromatic rings. The molecule has 2 rings (SSSR count). The van der Waals surface area contributed by atoms with Gasteiger partial charge < -0.3 is 10.1 Å². The number of amides is 1. The zero-order valence-electron chi connectivity index (χ0n) is 11.8. The average Bonchev–Trinajstić information content (AvgIpc) is 2.75. The molecule has 0 saturated heterocycles. The van der Waals surface area contributed by atoms with E-state index in [1.807, 2.05) is 18.2 Å². The van der Waals surface area contributed by atoms with Gasteiger partial charge in [0.1, 0.15) is 10.6 Å². The maximum Gasteiger partial charge on any atom is 0.265 e. The maximum absolute atomic E-state index is 12.2. The van der Waals surface area contributed by atoms with Crippen LogP contribution in [0.4, 0.5) is 0 Å². The third-order valence-electron chi connectivity index (χ3n) is 3.02. The number of fused-ring (bicyclic) bond motifs is 1. The van der Waals surface area contributed by atoms with Gasteiger partial charge in [0.05, 0.1) is 7.11 Å². The first-order chi connectivity index (χ1) is 9.52. The zero-order chi connectivity index (χ0) is 14.7. The van der Waals surface area contributed by atoms with Gasteiger partial charge in [-0.3, -0.25) is 4.79 Å². The van der Waals surface area contributed by atoms with Crippen molar-refractivity contribution in [3.8, 4) is 5.75 Å². The first kappa shape index (κ1) is 15.1. The SMILES string of the molecule is COc1c(C(=O)NCCC(C)C)sc2ccc(Cl)cc12. The fourth-order valence-corrected chi connectivity index (χ4v) is 3.19. The number of nitrogens with one attached hydrogen (secondary N) is 1. The molecule has 0 fully saturated rings. The summed E-state index contributed by atoms with van der Waals surface area (Å²) in [5.41, 5.74) is 0. The van der Waals surface area contributed by atoms with Crippen LogP contribution in [0.2, 0.25) is 5.02 Å². The van der Waals surface area contributed by atoms with E-state index in [1.54, 1.807) is 7.11 Å². The highest BCUT2D eigenvalue weighted by Gasteiger charge is 2.19. The first-order valence-corrected chi connectivity index (χ1v) is 7.76. The number of benzene rings is 1. The summed E-state index contributed by atoms with van der Waals surface area (Å²) >= 11 is 7.43. The molecule has 1 aromatic carbocycles. The number of thiophene rings is 1. The molecule has 1 heterocycles. The minimum atomic E-state index is -0.0835. The van der Waals surface area contributed by atoms with Crippen molar-refractivity contribution in [3.63, 3.8) is 0 Å². The van der Waals surface area contributed by atoms with Gasteiger partial charge in [0, 0.05) is 21.7 Å². The molecule has 0 atom stereocenters. The Morgan fingerprint density at radius 2 is 2.20 bits per heavy atom. The molecule has 5 heteroatoms. The lowest BCUT2D eigenvalue weighted by molar-refractivity contribution is 0.0953. The van der Waals surface area contributed by atoms with Gasteiger partial charge in [0.15, 0.2) is 0 Å². The maximum atomic E-state index is 12.2. The van der Waals surface area contributed by atoms with Crippen LogP contribution >= 0.6 is 22.9 Å². The Morgan fingerprint density at radius 3 is 2.85 bits per heavy atom. The fourth-order valence-electron chi connectivity index (χ4n) is 1.95. The van der Waals surface area contributed by atoms with Gasteiger partial charge in [-0.25, -0.2) is 0 Å². The highest BCUT2D eigenvalue weighted by molar-refractivity contribution is 7.21. The first-order valence-electron chi connectivity index (χ1n) is 6.57. The molecule has 0 aliphatic rings. The van der Waals surface area contributed by atoms with Crippen molar-refractivity contribution in [2.45, 2.75) is 20.3 Å². The van der Waals surface area contributed by atoms with E-state index in [2.05, 4.69) is 19.2 Å². The molecule has 1 aromatic heterocycles. The number of hydrogen-bond acceptors (Lipinski definition) is 3. The highest BCUT2D eigenvalue weighted by Crippen LogP contribution is 2.38. The Balaban J connectivity index is 2.27. The Morgan fingerprint density at radius 1 is 1.45 bits per heavy atom. The van der Waals surface area contributed by atoms with Crippen LogP contribution in [-0.2, 0) is 0 Å². The normalized spacial score (nSPS) is 11.1. The lowest BCUT2D eigenvalue weighted by Crippen LogP contribution is -2.24. The van der Waals surface area contributed by atoms with E-state index in [1.165, 1.54) is 11.3 Å². The second-order valence-electron chi connectivity index (χ2n) is 5.04. The molecule has 0 bridgehead atoms. The summed E-state index contributed by atoms with van der Waals surface area (Å²) in [4.78, 5) is 12.9. The number of carbonyl (C=O) groups is 1. The summed E-state index contributed by atoms with van der Waals surface area (Å²) in [7, 11) is 1.58. The Kier molecular flexibility index (Phi) is 4.89. The minimum absolute atomic E-state index is 0.0835. The zero-order valence-corrected chi connectivity index (χ0v) is 13.4. The van der Waals surface area contributed by atoms with Crippen LogP contribution in [0.5, 0.6) is 5.75 Å². The van der Waals surface area contributed by atoms with Crippen molar-refractivity contribution in [1.82, 2.24) is 5.32 Å². The molecular formula is C15H18ClNO2S. The van der Waals surface area contributed by atoms with Gasteiger partial charge in [-0.2, -0.15) is 0 Å². The molecule has 1 N–H and O–H groups in total. The molecule has 1 amide bonds. The van der Waals surface area contributed by atoms with E-state index in [4.69, 9.17) is 16.3 Å². The van der Waals surface area contributed by atoms with Crippen LogP contribution in [0.3, 0.4) is 0 Å². The molecule has 0 aliphatic heterocycles. The van der Waals surface area contributed by atoms with Crippen molar-refractivity contribution >= 4 is 38.9 Å². The summed E-state index contributed by atoms with van der Waals surface area (Å²) < 4.78 is 6.39. The average molecular weight is 312 g/mol. The number of halogens is 1. The summed E-state index contributed by atoms with van der Waals surface area (Å²) in [5.74, 6) is 1.09. The third-order valence-corrected chi connectivity index (χ3v) is 4.41. The molecular weight excluding hydrogens is 294 g/mol. The van der Waals surface area contributed by atoms with Gasteiger partial charge in [-0.1, -0.05) is 25.4 Å². The molecule has 108 valence electrons. The van der Waals surface area contributed by atoms with Crippen LogP contribution in [0, 0.1) is 5.92 Å². The number of methoxy groups -OCH3 is 1. The summed E-state index contributed by atoms with van der Waals surface area (Å²) in [6.45, 7) is 4.94. The number of carbonyl (C=O) groups excluding carboxylic acids is 1. The summed E-state index contributed by atoms with van der Waals surface area (Å²) in [6.07, 6.45) is 0.963. The smallest absolute Gasteiger partial charge is 0.265 e. The predicted molar refractivity (Wildman–Crippen MR) is 85.2 cm³/mol. The second-order valence-corrected chi connectivity index (χ2v) is 6.53. The van der Waals surface area contributed by atoms with Crippen molar-refractivity contribution < 1.29 is 9.53 Å². The van der Waals surface area contributed by atoms with Crippen LogP contribution in [-0.4, -0.2) is 19.6 Å². The van der Waals surface area contributed by atoms with E-state index in [9.17, 15) is 4.79 Å². The van der Waals surface area contributed by atoms with E-state index in [-0.39, 0.29) is 5.91 Å². The summed E-state index contributed by atoms with van der Waals surface area (Å²) in [6, 6.07) is 5.56. The molecule has 3 nitrogen and oxygen atoms in total. The van der Waals surface area contributed by atoms with E-state index in [0.717, 1.165) is 16.5 Å². The van der Waals surface area contributed by atoms with Crippen molar-refractivity contribution in [2.24, 2.45) is 5.92 Å². The lowest BCUT2D eigenvalue weighted by atomic mass is 10.1. The number of hydrogen-bond donors (Lipinski definition) is 1. The van der Waals surface area contributed by atoms with Crippen molar-refractivity contribution in [3.05, 3.63) is 28.1 Å². The van der Waals surface area contributed by atoms with E-state index < -0.39 is 0 Å². The monoisotopic (exact) mass is 311 g/mol. The predicted octanol–water partition coefficient (Wildman–Crippen LogP) is 4.34. The third kappa shape index (κ3) is 3.25. The van der Waals surface area contributed by atoms with Crippen LogP contribution < -0.4 is 10.1 Å². The highest BCUT2D eigenvalue weighted by atomic mass is 35.5. The standard InChI is InChI=1S/C15H18ClNO2S/c1-9(2)6-7-17-15(18)14-13(19-3)11-8-10(16)4-5-12(11)20-14/h4-5,8-9H,6-7H2,1-3H3,(H,17,18). The molecule has 0 spiro atoms. The Hall–Kier alpha value is -1.26. The van der Waals surface area contributed by atoms with E-state index >= 15 is 0 Å². The fraction of sp³-hybridized carbons (Fsp3) is 0.400. The van der Waals surface area contributed by atoms with Gasteiger partial charge >= 0.3 is 0 Å². The van der Waals surface area contributed by atoms with Crippen molar-refractivity contribution in [2.75, 3.05) is 13.7 Å². The Labute approximate surface area is 127 Å². The Bertz CT molecular complexity index is 622. The number of rotatable bonds is 5. The van der Waals surface area contributed by atoms with Gasteiger partial charge in [0.2, 0.25) is 0 Å². The molecule has 0 radical (unpaired) electrons. The topological polar surface area (TPSA) is 38.3 Å². The van der Waals surface area contributed by atoms with Gasteiger partial charge in [0.25, 0.3) is 5.91 Å². The second kappa shape index (κ2) is 6.46. The summed E-state index contributed by atoms with van der Waals surface area (Å²) in [5, 5.41) is 4.47. The minimum Gasteiger partial charge on any atom is -0.494 e. The van der Waals surface area contributed by atoms with E-state index in [0.29, 0.717) is 28.1 Å². The number of ether oxygens (including phenoxy) is 1. The largest absolute Gasteiger partial charge is 0.494 e. The molecule has 0 aliphatic carbocycles. The van der Waals surface area contributed by atoms with Gasteiger partial charge in [-0.15, -0.1) is 11.3 Å². The van der Waals surface area contributed by atoms with Crippen LogP contribution in [0.15, 0.2) is 18.2 Å². The molecule has 20 heavy (non-hydrogen) atoms. The molecule has 0 unspecified atom stereocenters. The molecule has 0 saturated carbocycles. The quantitative estimate of drug-likeness (QED) is 0.892. The van der Waals surface area contributed by atoms with Crippen LogP contribution in [0.25, 0.3) is 10.1 Å². The van der Waals surface area contributed by atoms with Crippen LogP contribution in [0.1, 0.15) is 29.9 Å². The van der Waals surface area contributed by atoms with Crippen molar-refractivity contribution in [1.29, 1.82) is 0 Å².